The summed E-state index contributed by atoms with van der Waals surface area (Å²) in [6, 6.07) is 0. The van der Waals surface area contributed by atoms with Gasteiger partial charge in [0.05, 0.1) is 11.7 Å². The maximum absolute atomic E-state index is 10.8. The lowest BCUT2D eigenvalue weighted by molar-refractivity contribution is 0.112. The number of hydrogen-bond acceptors (Lipinski definition) is 5. The lowest BCUT2D eigenvalue weighted by Gasteiger charge is -2.16. The third-order valence-corrected chi connectivity index (χ3v) is 2.50. The average Bonchev–Trinajstić information content (AvgIpc) is 2.25. The van der Waals surface area contributed by atoms with Crippen LogP contribution in [-0.2, 0) is 0 Å². The summed E-state index contributed by atoms with van der Waals surface area (Å²) in [6.45, 7) is 4.12. The molecule has 0 saturated carbocycles. The molecule has 0 saturated heterocycles. The van der Waals surface area contributed by atoms with Gasteiger partial charge in [0, 0.05) is 6.54 Å². The number of aliphatic hydroxyl groups is 1. The van der Waals surface area contributed by atoms with Crippen LogP contribution in [0.2, 0.25) is 5.15 Å². The summed E-state index contributed by atoms with van der Waals surface area (Å²) in [5, 5.41) is 12.6. The van der Waals surface area contributed by atoms with Gasteiger partial charge in [-0.1, -0.05) is 25.4 Å². The van der Waals surface area contributed by atoms with Crippen molar-refractivity contribution in [2.24, 2.45) is 5.92 Å². The summed E-state index contributed by atoms with van der Waals surface area (Å²) in [5.74, 6) is 0.471. The van der Waals surface area contributed by atoms with Gasteiger partial charge in [-0.3, -0.25) is 4.79 Å². The normalized spacial score (nSPS) is 12.6. The predicted octanol–water partition coefficient (Wildman–Crippen LogP) is 1.37. The second-order valence-electron chi connectivity index (χ2n) is 3.74. The van der Waals surface area contributed by atoms with Crippen molar-refractivity contribution in [1.29, 1.82) is 0 Å². The highest BCUT2D eigenvalue weighted by Crippen LogP contribution is 2.17. The molecule has 0 aliphatic heterocycles. The zero-order valence-corrected chi connectivity index (χ0v) is 9.90. The third-order valence-electron chi connectivity index (χ3n) is 2.20. The maximum atomic E-state index is 10.8. The molecule has 16 heavy (non-hydrogen) atoms. The van der Waals surface area contributed by atoms with Crippen LogP contribution in [0.25, 0.3) is 0 Å². The van der Waals surface area contributed by atoms with E-state index in [4.69, 9.17) is 11.6 Å². The lowest BCUT2D eigenvalue weighted by Crippen LogP contribution is -2.25. The highest BCUT2D eigenvalue weighted by Gasteiger charge is 2.12. The van der Waals surface area contributed by atoms with Crippen molar-refractivity contribution in [1.82, 2.24) is 9.97 Å². The van der Waals surface area contributed by atoms with Crippen LogP contribution in [0.15, 0.2) is 6.33 Å². The van der Waals surface area contributed by atoms with E-state index < -0.39 is 6.10 Å². The molecule has 1 aromatic rings. The summed E-state index contributed by atoms with van der Waals surface area (Å²) < 4.78 is 0. The van der Waals surface area contributed by atoms with Crippen molar-refractivity contribution in [3.05, 3.63) is 17.0 Å². The van der Waals surface area contributed by atoms with Crippen LogP contribution in [0.4, 0.5) is 5.82 Å². The second kappa shape index (κ2) is 5.77. The fourth-order valence-corrected chi connectivity index (χ4v) is 1.23. The number of aldehydes is 1. The molecule has 1 aromatic heterocycles. The quantitative estimate of drug-likeness (QED) is 0.604. The van der Waals surface area contributed by atoms with Crippen molar-refractivity contribution < 1.29 is 9.90 Å². The molecule has 2 N–H and O–H groups in total. The summed E-state index contributed by atoms with van der Waals surface area (Å²) in [5.41, 5.74) is 0.208. The van der Waals surface area contributed by atoms with Gasteiger partial charge in [0.1, 0.15) is 17.3 Å². The van der Waals surface area contributed by atoms with Crippen LogP contribution in [0, 0.1) is 5.92 Å². The number of halogens is 1. The van der Waals surface area contributed by atoms with E-state index in [9.17, 15) is 9.90 Å². The first-order chi connectivity index (χ1) is 7.56. The topological polar surface area (TPSA) is 75.1 Å². The van der Waals surface area contributed by atoms with Gasteiger partial charge in [0.25, 0.3) is 0 Å². The second-order valence-corrected chi connectivity index (χ2v) is 4.09. The molecule has 1 heterocycles. The van der Waals surface area contributed by atoms with Crippen LogP contribution in [0.5, 0.6) is 0 Å². The Morgan fingerprint density at radius 3 is 2.81 bits per heavy atom. The molecule has 5 nitrogen and oxygen atoms in total. The Hall–Kier alpha value is -1.20. The Bertz CT molecular complexity index is 371. The number of carbonyl (C=O) groups is 1. The van der Waals surface area contributed by atoms with E-state index in [-0.39, 0.29) is 16.6 Å². The minimum absolute atomic E-state index is 0.103. The van der Waals surface area contributed by atoms with Gasteiger partial charge in [-0.05, 0) is 5.92 Å². The van der Waals surface area contributed by atoms with Gasteiger partial charge in [-0.25, -0.2) is 9.97 Å². The summed E-state index contributed by atoms with van der Waals surface area (Å²) in [4.78, 5) is 18.3. The number of aromatic nitrogens is 2. The average molecular weight is 244 g/mol. The molecule has 0 aromatic carbocycles. The van der Waals surface area contributed by atoms with Gasteiger partial charge in [0.2, 0.25) is 0 Å². The Morgan fingerprint density at radius 1 is 1.56 bits per heavy atom. The van der Waals surface area contributed by atoms with Gasteiger partial charge in [-0.2, -0.15) is 0 Å². The van der Waals surface area contributed by atoms with Crippen LogP contribution in [-0.4, -0.2) is 34.0 Å². The van der Waals surface area contributed by atoms with E-state index in [2.05, 4.69) is 15.3 Å². The summed E-state index contributed by atoms with van der Waals surface area (Å²) in [6.07, 6.45) is 1.35. The van der Waals surface area contributed by atoms with Gasteiger partial charge >= 0.3 is 0 Å². The van der Waals surface area contributed by atoms with Crippen LogP contribution >= 0.6 is 11.6 Å². The number of rotatable bonds is 5. The van der Waals surface area contributed by atoms with Crippen molar-refractivity contribution in [3.8, 4) is 0 Å². The molecule has 0 bridgehead atoms. The summed E-state index contributed by atoms with van der Waals surface area (Å²) >= 11 is 5.72. The molecule has 0 aliphatic rings. The van der Waals surface area contributed by atoms with Crippen LogP contribution < -0.4 is 5.32 Å². The Balaban J connectivity index is 2.74. The maximum Gasteiger partial charge on any atom is 0.156 e. The molecule has 0 radical (unpaired) electrons. The minimum atomic E-state index is -0.506. The van der Waals surface area contributed by atoms with Gasteiger partial charge in [0.15, 0.2) is 6.29 Å². The highest BCUT2D eigenvalue weighted by atomic mass is 35.5. The van der Waals surface area contributed by atoms with Gasteiger partial charge < -0.3 is 10.4 Å². The van der Waals surface area contributed by atoms with E-state index in [1.54, 1.807) is 0 Å². The van der Waals surface area contributed by atoms with Crippen molar-refractivity contribution in [2.45, 2.75) is 20.0 Å². The minimum Gasteiger partial charge on any atom is -0.391 e. The lowest BCUT2D eigenvalue weighted by atomic mass is 10.1. The predicted molar refractivity (Wildman–Crippen MR) is 61.8 cm³/mol. The van der Waals surface area contributed by atoms with E-state index in [0.717, 1.165) is 0 Å². The SMILES string of the molecule is CC(C)C(O)CNc1ncnc(Cl)c1C=O. The molecule has 6 heteroatoms. The molecule has 0 fully saturated rings. The fourth-order valence-electron chi connectivity index (χ4n) is 1.06. The number of nitrogens with one attached hydrogen (secondary N) is 1. The van der Waals surface area contributed by atoms with E-state index in [1.807, 2.05) is 13.8 Å². The molecule has 88 valence electrons. The summed E-state index contributed by atoms with van der Waals surface area (Å²) in [7, 11) is 0. The first-order valence-electron chi connectivity index (χ1n) is 4.94. The van der Waals surface area contributed by atoms with Crippen molar-refractivity contribution in [2.75, 3.05) is 11.9 Å². The number of aliphatic hydroxyl groups excluding tert-OH is 1. The standard InChI is InChI=1S/C10H14ClN3O2/c1-6(2)8(16)3-12-10-7(4-15)9(11)13-5-14-10/h4-6,8,16H,3H2,1-2H3,(H,12,13,14). The fraction of sp³-hybridized carbons (Fsp3) is 0.500. The smallest absolute Gasteiger partial charge is 0.156 e. The van der Waals surface area contributed by atoms with Crippen LogP contribution in [0.3, 0.4) is 0 Å². The van der Waals surface area contributed by atoms with Crippen LogP contribution in [0.1, 0.15) is 24.2 Å². The Kier molecular flexibility index (Phi) is 4.64. The highest BCUT2D eigenvalue weighted by molar-refractivity contribution is 6.32. The zero-order chi connectivity index (χ0) is 12.1. The largest absolute Gasteiger partial charge is 0.391 e. The van der Waals surface area contributed by atoms with Gasteiger partial charge in [-0.15, -0.1) is 0 Å². The Labute approximate surface area is 98.9 Å². The zero-order valence-electron chi connectivity index (χ0n) is 9.14. The van der Waals surface area contributed by atoms with E-state index in [1.165, 1.54) is 6.33 Å². The third kappa shape index (κ3) is 3.15. The Morgan fingerprint density at radius 2 is 2.25 bits per heavy atom. The molecule has 1 rings (SSSR count). The molecule has 1 unspecified atom stereocenters. The van der Waals surface area contributed by atoms with E-state index in [0.29, 0.717) is 18.6 Å². The molecule has 0 aliphatic carbocycles. The number of carbonyl (C=O) groups excluding carboxylic acids is 1. The van der Waals surface area contributed by atoms with E-state index >= 15 is 0 Å². The van der Waals surface area contributed by atoms with Crippen molar-refractivity contribution >= 4 is 23.7 Å². The first kappa shape index (κ1) is 12.9. The number of anilines is 1. The molecule has 1 atom stereocenters. The molecule has 0 amide bonds. The first-order valence-corrected chi connectivity index (χ1v) is 5.31. The number of hydrogen-bond donors (Lipinski definition) is 2. The molecular weight excluding hydrogens is 230 g/mol. The monoisotopic (exact) mass is 243 g/mol. The van der Waals surface area contributed by atoms with Crippen molar-refractivity contribution in [3.63, 3.8) is 0 Å². The number of nitrogens with zero attached hydrogens (tertiary/aromatic N) is 2. The molecule has 0 spiro atoms. The molecular formula is C10H14ClN3O2.